The quantitative estimate of drug-likeness (QED) is 0.875. The van der Waals surface area contributed by atoms with Gasteiger partial charge < -0.3 is 10.6 Å². The van der Waals surface area contributed by atoms with E-state index in [1.165, 1.54) is 17.0 Å². The maximum absolute atomic E-state index is 12.5. The molecule has 2 amide bonds. The highest BCUT2D eigenvalue weighted by Crippen LogP contribution is 2.22. The van der Waals surface area contributed by atoms with Crippen LogP contribution >= 0.6 is 0 Å². The van der Waals surface area contributed by atoms with Crippen LogP contribution in [0.15, 0.2) is 29.2 Å². The molecular weight excluding hydrogens is 292 g/mol. The number of primary amides is 1. The lowest BCUT2D eigenvalue weighted by molar-refractivity contribution is -0.123. The van der Waals surface area contributed by atoms with Crippen LogP contribution in [0.2, 0.25) is 0 Å². The summed E-state index contributed by atoms with van der Waals surface area (Å²) in [6.07, 6.45) is 2.41. The SMILES string of the molecule is CS(=O)(=O)c1ccccc1C(=O)N1CCCC(C(N)=O)C1. The van der Waals surface area contributed by atoms with Gasteiger partial charge in [0.1, 0.15) is 0 Å². The first-order chi connectivity index (χ1) is 9.80. The van der Waals surface area contributed by atoms with E-state index in [4.69, 9.17) is 5.73 Å². The van der Waals surface area contributed by atoms with Gasteiger partial charge in [-0.3, -0.25) is 9.59 Å². The lowest BCUT2D eigenvalue weighted by Crippen LogP contribution is -2.44. The minimum atomic E-state index is -3.49. The molecule has 1 aliphatic rings. The molecule has 0 spiro atoms. The number of benzene rings is 1. The van der Waals surface area contributed by atoms with Crippen LogP contribution in [-0.2, 0) is 14.6 Å². The Balaban J connectivity index is 2.31. The number of sulfone groups is 1. The van der Waals surface area contributed by atoms with Crippen LogP contribution in [0.3, 0.4) is 0 Å². The third-order valence-electron chi connectivity index (χ3n) is 3.63. The fourth-order valence-electron chi connectivity index (χ4n) is 2.53. The van der Waals surface area contributed by atoms with Crippen molar-refractivity contribution in [2.24, 2.45) is 11.7 Å². The molecule has 0 radical (unpaired) electrons. The van der Waals surface area contributed by atoms with Gasteiger partial charge in [0.15, 0.2) is 9.84 Å². The molecule has 1 aromatic rings. The van der Waals surface area contributed by atoms with Crippen LogP contribution < -0.4 is 5.73 Å². The van der Waals surface area contributed by atoms with Crippen molar-refractivity contribution in [3.8, 4) is 0 Å². The van der Waals surface area contributed by atoms with Gasteiger partial charge in [0, 0.05) is 19.3 Å². The Hall–Kier alpha value is -1.89. The van der Waals surface area contributed by atoms with E-state index in [1.807, 2.05) is 0 Å². The molecule has 1 atom stereocenters. The van der Waals surface area contributed by atoms with Crippen LogP contribution in [0.4, 0.5) is 0 Å². The Labute approximate surface area is 123 Å². The zero-order valence-corrected chi connectivity index (χ0v) is 12.6. The van der Waals surface area contributed by atoms with Gasteiger partial charge in [-0.25, -0.2) is 8.42 Å². The van der Waals surface area contributed by atoms with E-state index in [2.05, 4.69) is 0 Å². The largest absolute Gasteiger partial charge is 0.369 e. The number of hydrogen-bond acceptors (Lipinski definition) is 4. The van der Waals surface area contributed by atoms with Gasteiger partial charge in [-0.15, -0.1) is 0 Å². The number of hydrogen-bond donors (Lipinski definition) is 1. The van der Waals surface area contributed by atoms with E-state index >= 15 is 0 Å². The zero-order valence-electron chi connectivity index (χ0n) is 11.8. The van der Waals surface area contributed by atoms with Crippen molar-refractivity contribution in [2.45, 2.75) is 17.7 Å². The van der Waals surface area contributed by atoms with E-state index in [0.29, 0.717) is 19.4 Å². The van der Waals surface area contributed by atoms with Crippen molar-refractivity contribution in [1.29, 1.82) is 0 Å². The molecule has 0 bridgehead atoms. The highest BCUT2D eigenvalue weighted by molar-refractivity contribution is 7.90. The van der Waals surface area contributed by atoms with Crippen LogP contribution in [0, 0.1) is 5.92 Å². The number of amides is 2. The molecule has 1 heterocycles. The third kappa shape index (κ3) is 3.41. The molecule has 1 aliphatic heterocycles. The smallest absolute Gasteiger partial charge is 0.255 e. The number of carbonyl (C=O) groups is 2. The van der Waals surface area contributed by atoms with Crippen molar-refractivity contribution in [3.05, 3.63) is 29.8 Å². The Morgan fingerprint density at radius 1 is 1.29 bits per heavy atom. The molecule has 7 heteroatoms. The number of likely N-dealkylation sites (tertiary alicyclic amines) is 1. The average Bonchev–Trinajstić information content (AvgIpc) is 2.45. The van der Waals surface area contributed by atoms with Gasteiger partial charge in [0.25, 0.3) is 5.91 Å². The summed E-state index contributed by atoms with van der Waals surface area (Å²) in [6, 6.07) is 6.11. The highest BCUT2D eigenvalue weighted by atomic mass is 32.2. The Kier molecular flexibility index (Phi) is 4.32. The van der Waals surface area contributed by atoms with Gasteiger partial charge in [-0.05, 0) is 25.0 Å². The second-order valence-corrected chi connectivity index (χ2v) is 7.25. The zero-order chi connectivity index (χ0) is 15.6. The van der Waals surface area contributed by atoms with E-state index in [-0.39, 0.29) is 28.8 Å². The normalized spacial score (nSPS) is 19.3. The molecule has 0 saturated carbocycles. The van der Waals surface area contributed by atoms with Crippen molar-refractivity contribution in [2.75, 3.05) is 19.3 Å². The summed E-state index contributed by atoms with van der Waals surface area (Å²) in [5, 5.41) is 0. The first-order valence-electron chi connectivity index (χ1n) is 6.68. The summed E-state index contributed by atoms with van der Waals surface area (Å²) in [6.45, 7) is 0.743. The second-order valence-electron chi connectivity index (χ2n) is 5.26. The highest BCUT2D eigenvalue weighted by Gasteiger charge is 2.29. The fraction of sp³-hybridized carbons (Fsp3) is 0.429. The van der Waals surface area contributed by atoms with Crippen LogP contribution in [0.5, 0.6) is 0 Å². The number of carbonyl (C=O) groups excluding carboxylic acids is 2. The fourth-order valence-corrected chi connectivity index (χ4v) is 3.41. The molecule has 1 fully saturated rings. The monoisotopic (exact) mass is 310 g/mol. The molecule has 0 aliphatic carbocycles. The van der Waals surface area contributed by atoms with Gasteiger partial charge in [0.2, 0.25) is 5.91 Å². The second kappa shape index (κ2) is 5.85. The minimum absolute atomic E-state index is 0.0104. The first-order valence-corrected chi connectivity index (χ1v) is 8.57. The van der Waals surface area contributed by atoms with Crippen molar-refractivity contribution >= 4 is 21.7 Å². The van der Waals surface area contributed by atoms with E-state index in [1.54, 1.807) is 12.1 Å². The van der Waals surface area contributed by atoms with Crippen LogP contribution in [0.25, 0.3) is 0 Å². The molecule has 21 heavy (non-hydrogen) atoms. The number of nitrogens with zero attached hydrogens (tertiary/aromatic N) is 1. The topological polar surface area (TPSA) is 97.5 Å². The molecule has 2 rings (SSSR count). The van der Waals surface area contributed by atoms with E-state index in [9.17, 15) is 18.0 Å². The molecule has 1 saturated heterocycles. The average molecular weight is 310 g/mol. The predicted molar refractivity (Wildman–Crippen MR) is 77.4 cm³/mol. The van der Waals surface area contributed by atoms with Gasteiger partial charge in [-0.1, -0.05) is 12.1 Å². The van der Waals surface area contributed by atoms with Gasteiger partial charge >= 0.3 is 0 Å². The molecule has 2 N–H and O–H groups in total. The standard InChI is InChI=1S/C14H18N2O4S/c1-21(19,20)12-7-3-2-6-11(12)14(18)16-8-4-5-10(9-16)13(15)17/h2-3,6-7,10H,4-5,8-9H2,1H3,(H2,15,17). The molecule has 1 aromatic carbocycles. The molecule has 0 aromatic heterocycles. The maximum Gasteiger partial charge on any atom is 0.255 e. The van der Waals surface area contributed by atoms with E-state index in [0.717, 1.165) is 6.26 Å². The number of nitrogens with two attached hydrogens (primary N) is 1. The van der Waals surface area contributed by atoms with E-state index < -0.39 is 15.7 Å². The van der Waals surface area contributed by atoms with Crippen molar-refractivity contribution < 1.29 is 18.0 Å². The summed E-state index contributed by atoms with van der Waals surface area (Å²) < 4.78 is 23.5. The number of piperidine rings is 1. The predicted octanol–water partition coefficient (Wildman–Crippen LogP) is 0.428. The number of rotatable bonds is 3. The van der Waals surface area contributed by atoms with Crippen LogP contribution in [-0.4, -0.2) is 44.5 Å². The summed E-state index contributed by atoms with van der Waals surface area (Å²) >= 11 is 0. The Bertz CT molecular complexity index is 669. The van der Waals surface area contributed by atoms with Crippen LogP contribution in [0.1, 0.15) is 23.2 Å². The lowest BCUT2D eigenvalue weighted by Gasteiger charge is -2.31. The first kappa shape index (κ1) is 15.5. The van der Waals surface area contributed by atoms with Gasteiger partial charge in [-0.2, -0.15) is 0 Å². The summed E-state index contributed by atoms with van der Waals surface area (Å²) in [5.74, 6) is -1.17. The third-order valence-corrected chi connectivity index (χ3v) is 4.78. The lowest BCUT2D eigenvalue weighted by atomic mass is 9.97. The molecular formula is C14H18N2O4S. The molecule has 6 nitrogen and oxygen atoms in total. The summed E-state index contributed by atoms with van der Waals surface area (Å²) in [7, 11) is -3.49. The van der Waals surface area contributed by atoms with Crippen molar-refractivity contribution in [3.63, 3.8) is 0 Å². The minimum Gasteiger partial charge on any atom is -0.369 e. The summed E-state index contributed by atoms with van der Waals surface area (Å²) in [5.41, 5.74) is 5.44. The molecule has 1 unspecified atom stereocenters. The maximum atomic E-state index is 12.5. The van der Waals surface area contributed by atoms with Crippen molar-refractivity contribution in [1.82, 2.24) is 4.90 Å². The van der Waals surface area contributed by atoms with Gasteiger partial charge in [0.05, 0.1) is 16.4 Å². The summed E-state index contributed by atoms with van der Waals surface area (Å²) in [4.78, 5) is 25.3. The molecule has 114 valence electrons. The Morgan fingerprint density at radius 3 is 2.57 bits per heavy atom. The Morgan fingerprint density at radius 2 is 1.95 bits per heavy atom.